The summed E-state index contributed by atoms with van der Waals surface area (Å²) in [7, 11) is 0. The second kappa shape index (κ2) is 5.77. The molecule has 0 bridgehead atoms. The average molecular weight is 271 g/mol. The third-order valence-corrected chi connectivity index (χ3v) is 4.14. The summed E-state index contributed by atoms with van der Waals surface area (Å²) in [5, 5.41) is 10.4. The molecule has 3 N–H and O–H groups in total. The number of nitrogen functional groups attached to an aromatic ring is 1. The Kier molecular flexibility index (Phi) is 3.85. The van der Waals surface area contributed by atoms with E-state index in [1.807, 2.05) is 24.4 Å². The van der Waals surface area contributed by atoms with Gasteiger partial charge in [-0.25, -0.2) is 0 Å². The Morgan fingerprint density at radius 1 is 1.35 bits per heavy atom. The number of likely N-dealkylation sites (tertiary alicyclic amines) is 1. The van der Waals surface area contributed by atoms with Crippen molar-refractivity contribution in [2.24, 2.45) is 5.92 Å². The van der Waals surface area contributed by atoms with Crippen molar-refractivity contribution < 1.29 is 5.11 Å². The fraction of sp³-hybridized carbons (Fsp3) is 0.438. The van der Waals surface area contributed by atoms with Crippen molar-refractivity contribution in [3.8, 4) is 0 Å². The van der Waals surface area contributed by atoms with E-state index >= 15 is 0 Å². The predicted octanol–water partition coefficient (Wildman–Crippen LogP) is 2.02. The molecule has 0 aliphatic carbocycles. The molecule has 106 valence electrons. The maximum Gasteiger partial charge on any atom is 0.0767 e. The standard InChI is InChI=1S/C16H21N3O/c17-15-6-5-13(16-14(15)4-1-7-18-16)10-19-8-2-3-12(9-19)11-20/h1,4-7,12,20H,2-3,8-11,17H2. The topological polar surface area (TPSA) is 62.4 Å². The maximum atomic E-state index is 9.33. The van der Waals surface area contributed by atoms with Crippen LogP contribution in [-0.4, -0.2) is 34.7 Å². The van der Waals surface area contributed by atoms with Gasteiger partial charge in [0.25, 0.3) is 0 Å². The van der Waals surface area contributed by atoms with Crippen LogP contribution in [0.4, 0.5) is 5.69 Å². The molecule has 4 nitrogen and oxygen atoms in total. The van der Waals surface area contributed by atoms with E-state index in [4.69, 9.17) is 5.73 Å². The first kappa shape index (κ1) is 13.3. The van der Waals surface area contributed by atoms with E-state index in [1.165, 1.54) is 5.56 Å². The van der Waals surface area contributed by atoms with Crippen molar-refractivity contribution in [2.75, 3.05) is 25.4 Å². The van der Waals surface area contributed by atoms with Gasteiger partial charge in [-0.15, -0.1) is 0 Å². The number of pyridine rings is 1. The monoisotopic (exact) mass is 271 g/mol. The molecule has 1 aromatic carbocycles. The van der Waals surface area contributed by atoms with Gasteiger partial charge in [0, 0.05) is 37.0 Å². The first-order valence-electron chi connectivity index (χ1n) is 7.23. The van der Waals surface area contributed by atoms with E-state index < -0.39 is 0 Å². The number of rotatable bonds is 3. The summed E-state index contributed by atoms with van der Waals surface area (Å²) >= 11 is 0. The lowest BCUT2D eigenvalue weighted by molar-refractivity contribution is 0.116. The molecule has 1 unspecified atom stereocenters. The van der Waals surface area contributed by atoms with Crippen LogP contribution in [-0.2, 0) is 6.54 Å². The number of aliphatic hydroxyl groups excluding tert-OH is 1. The van der Waals surface area contributed by atoms with E-state index in [-0.39, 0.29) is 6.61 Å². The number of aliphatic hydroxyl groups is 1. The number of fused-ring (bicyclic) bond motifs is 1. The molecule has 4 heteroatoms. The number of nitrogens with zero attached hydrogens (tertiary/aromatic N) is 2. The van der Waals surface area contributed by atoms with E-state index in [0.717, 1.165) is 49.1 Å². The number of hydrogen-bond donors (Lipinski definition) is 2. The number of aromatic nitrogens is 1. The Bertz CT molecular complexity index is 599. The molecular formula is C16H21N3O. The lowest BCUT2D eigenvalue weighted by Gasteiger charge is -2.32. The van der Waals surface area contributed by atoms with Crippen LogP contribution < -0.4 is 5.73 Å². The van der Waals surface area contributed by atoms with Gasteiger partial charge in [0.2, 0.25) is 0 Å². The van der Waals surface area contributed by atoms with Gasteiger partial charge in [0.15, 0.2) is 0 Å². The van der Waals surface area contributed by atoms with Gasteiger partial charge in [-0.2, -0.15) is 0 Å². The molecule has 1 aromatic heterocycles. The van der Waals surface area contributed by atoms with Crippen molar-refractivity contribution in [3.05, 3.63) is 36.0 Å². The molecule has 0 saturated carbocycles. The second-order valence-corrected chi connectivity index (χ2v) is 5.64. The Hall–Kier alpha value is -1.65. The molecule has 1 aliphatic rings. The van der Waals surface area contributed by atoms with E-state index in [9.17, 15) is 5.11 Å². The molecule has 1 aliphatic heterocycles. The summed E-state index contributed by atoms with van der Waals surface area (Å²) in [6, 6.07) is 7.99. The maximum absolute atomic E-state index is 9.33. The summed E-state index contributed by atoms with van der Waals surface area (Å²) in [4.78, 5) is 6.90. The smallest absolute Gasteiger partial charge is 0.0767 e. The zero-order chi connectivity index (χ0) is 13.9. The molecule has 2 heterocycles. The molecule has 1 atom stereocenters. The fourth-order valence-electron chi connectivity index (χ4n) is 3.07. The summed E-state index contributed by atoms with van der Waals surface area (Å²) in [6.45, 7) is 3.23. The van der Waals surface area contributed by atoms with Crippen molar-refractivity contribution in [2.45, 2.75) is 19.4 Å². The highest BCUT2D eigenvalue weighted by Gasteiger charge is 2.20. The van der Waals surface area contributed by atoms with Crippen LogP contribution in [0.15, 0.2) is 30.5 Å². The molecule has 0 radical (unpaired) electrons. The number of hydrogen-bond acceptors (Lipinski definition) is 4. The van der Waals surface area contributed by atoms with E-state index in [1.54, 1.807) is 0 Å². The van der Waals surface area contributed by atoms with Crippen LogP contribution in [0.1, 0.15) is 18.4 Å². The molecule has 2 aromatic rings. The second-order valence-electron chi connectivity index (χ2n) is 5.64. The van der Waals surface area contributed by atoms with Gasteiger partial charge in [-0.3, -0.25) is 9.88 Å². The van der Waals surface area contributed by atoms with Crippen LogP contribution in [0.25, 0.3) is 10.9 Å². The van der Waals surface area contributed by atoms with Crippen molar-refractivity contribution >= 4 is 16.6 Å². The minimum Gasteiger partial charge on any atom is -0.398 e. The van der Waals surface area contributed by atoms with Gasteiger partial charge in [-0.1, -0.05) is 6.07 Å². The van der Waals surface area contributed by atoms with Crippen LogP contribution in [0, 0.1) is 5.92 Å². The minimum absolute atomic E-state index is 0.289. The molecule has 1 fully saturated rings. The zero-order valence-electron chi connectivity index (χ0n) is 11.6. The van der Waals surface area contributed by atoms with E-state index in [0.29, 0.717) is 5.92 Å². The SMILES string of the molecule is Nc1ccc(CN2CCCC(CO)C2)c2ncccc12. The minimum atomic E-state index is 0.289. The normalized spacial score (nSPS) is 20.4. The van der Waals surface area contributed by atoms with Gasteiger partial charge >= 0.3 is 0 Å². The van der Waals surface area contributed by atoms with Crippen LogP contribution >= 0.6 is 0 Å². The van der Waals surface area contributed by atoms with Crippen LogP contribution in [0.5, 0.6) is 0 Å². The van der Waals surface area contributed by atoms with Gasteiger partial charge in [0.05, 0.1) is 5.52 Å². The number of nitrogens with two attached hydrogens (primary N) is 1. The third-order valence-electron chi connectivity index (χ3n) is 4.14. The molecule has 1 saturated heterocycles. The Labute approximate surface area is 119 Å². The van der Waals surface area contributed by atoms with Crippen LogP contribution in [0.3, 0.4) is 0 Å². The summed E-state index contributed by atoms with van der Waals surface area (Å²) in [5.41, 5.74) is 9.01. The molecule has 3 rings (SSSR count). The molecule has 20 heavy (non-hydrogen) atoms. The highest BCUT2D eigenvalue weighted by molar-refractivity contribution is 5.92. The summed E-state index contributed by atoms with van der Waals surface area (Å²) < 4.78 is 0. The third kappa shape index (κ3) is 2.62. The quantitative estimate of drug-likeness (QED) is 0.838. The zero-order valence-corrected chi connectivity index (χ0v) is 11.6. The fourth-order valence-corrected chi connectivity index (χ4v) is 3.07. The highest BCUT2D eigenvalue weighted by Crippen LogP contribution is 2.25. The van der Waals surface area contributed by atoms with Crippen molar-refractivity contribution in [1.29, 1.82) is 0 Å². The van der Waals surface area contributed by atoms with Crippen LogP contribution in [0.2, 0.25) is 0 Å². The first-order valence-corrected chi connectivity index (χ1v) is 7.23. The number of piperidine rings is 1. The van der Waals surface area contributed by atoms with Gasteiger partial charge in [-0.05, 0) is 49.1 Å². The lowest BCUT2D eigenvalue weighted by atomic mass is 9.98. The molecule has 0 spiro atoms. The van der Waals surface area contributed by atoms with Crippen molar-refractivity contribution in [3.63, 3.8) is 0 Å². The molecule has 0 amide bonds. The number of benzene rings is 1. The Balaban J connectivity index is 1.86. The first-order chi connectivity index (χ1) is 9.78. The van der Waals surface area contributed by atoms with Gasteiger partial charge < -0.3 is 10.8 Å². The summed E-state index contributed by atoms with van der Waals surface area (Å²) in [6.07, 6.45) is 4.11. The highest BCUT2D eigenvalue weighted by atomic mass is 16.3. The lowest BCUT2D eigenvalue weighted by Crippen LogP contribution is -2.36. The Morgan fingerprint density at radius 3 is 3.10 bits per heavy atom. The largest absolute Gasteiger partial charge is 0.398 e. The Morgan fingerprint density at radius 2 is 2.25 bits per heavy atom. The molecular weight excluding hydrogens is 250 g/mol. The average Bonchev–Trinajstić information content (AvgIpc) is 2.51. The predicted molar refractivity (Wildman–Crippen MR) is 81.2 cm³/mol. The number of anilines is 1. The van der Waals surface area contributed by atoms with Gasteiger partial charge in [0.1, 0.15) is 0 Å². The van der Waals surface area contributed by atoms with E-state index in [2.05, 4.69) is 16.0 Å². The summed E-state index contributed by atoms with van der Waals surface area (Å²) in [5.74, 6) is 0.414. The van der Waals surface area contributed by atoms with Crippen molar-refractivity contribution in [1.82, 2.24) is 9.88 Å².